The Balaban J connectivity index is 2.06. The first-order valence-electron chi connectivity index (χ1n) is 6.05. The van der Waals surface area contributed by atoms with Gasteiger partial charge in [0.25, 0.3) is 5.91 Å². The van der Waals surface area contributed by atoms with Crippen LogP contribution in [-0.2, 0) is 0 Å². The van der Waals surface area contributed by atoms with E-state index in [0.717, 1.165) is 0 Å². The highest BCUT2D eigenvalue weighted by atomic mass is 32.2. The van der Waals surface area contributed by atoms with Crippen molar-refractivity contribution in [3.63, 3.8) is 0 Å². The summed E-state index contributed by atoms with van der Waals surface area (Å²) >= 11 is 1.56. The number of nitrogens with one attached hydrogen (secondary N) is 1. The molecule has 0 spiro atoms. The van der Waals surface area contributed by atoms with E-state index < -0.39 is 0 Å². The third kappa shape index (κ3) is 2.82. The minimum atomic E-state index is -0.359. The summed E-state index contributed by atoms with van der Waals surface area (Å²) in [4.78, 5) is 27.4. The summed E-state index contributed by atoms with van der Waals surface area (Å²) in [7, 11) is 0. The highest BCUT2D eigenvalue weighted by molar-refractivity contribution is 8.00. The molecule has 0 saturated carbocycles. The number of pyridine rings is 1. The van der Waals surface area contributed by atoms with Crippen molar-refractivity contribution >= 4 is 17.7 Å². The van der Waals surface area contributed by atoms with Gasteiger partial charge in [0.05, 0.1) is 11.6 Å². The average Bonchev–Trinajstić information content (AvgIpc) is 2.47. The van der Waals surface area contributed by atoms with Gasteiger partial charge in [-0.15, -0.1) is 11.8 Å². The lowest BCUT2D eigenvalue weighted by atomic mass is 9.97. The number of hydrogen-bond donors (Lipinski definition) is 1. The van der Waals surface area contributed by atoms with Crippen molar-refractivity contribution in [1.82, 2.24) is 9.88 Å². The second-order valence-electron chi connectivity index (χ2n) is 4.54. The molecule has 1 aliphatic rings. The molecule has 0 radical (unpaired) electrons. The van der Waals surface area contributed by atoms with Crippen LogP contribution in [0.25, 0.3) is 0 Å². The fourth-order valence-electron chi connectivity index (χ4n) is 2.16. The van der Waals surface area contributed by atoms with Crippen LogP contribution in [-0.4, -0.2) is 39.9 Å². The number of aromatic nitrogens is 1. The topological polar surface area (TPSA) is 77.0 Å². The van der Waals surface area contributed by atoms with Crippen LogP contribution in [0, 0.1) is 11.3 Å². The molecule has 2 rings (SSSR count). The van der Waals surface area contributed by atoms with Gasteiger partial charge >= 0.3 is 0 Å². The van der Waals surface area contributed by atoms with Crippen LogP contribution in [0.15, 0.2) is 23.1 Å². The third-order valence-electron chi connectivity index (χ3n) is 3.48. The highest BCUT2D eigenvalue weighted by Gasteiger charge is 2.35. The number of H-pyrrole nitrogens is 1. The van der Waals surface area contributed by atoms with Gasteiger partial charge < -0.3 is 9.88 Å². The molecule has 1 amide bonds. The Morgan fingerprint density at radius 1 is 1.47 bits per heavy atom. The lowest BCUT2D eigenvalue weighted by molar-refractivity contribution is 0.0716. The summed E-state index contributed by atoms with van der Waals surface area (Å²) in [5.41, 5.74) is 0.259. The van der Waals surface area contributed by atoms with Gasteiger partial charge in [-0.3, -0.25) is 9.59 Å². The van der Waals surface area contributed by atoms with Crippen LogP contribution >= 0.6 is 11.8 Å². The first-order chi connectivity index (χ1) is 9.10. The van der Waals surface area contributed by atoms with Crippen LogP contribution in [0.1, 0.15) is 23.2 Å². The highest BCUT2D eigenvalue weighted by Crippen LogP contribution is 2.34. The number of carbonyl (C=O) groups is 1. The third-order valence-corrected chi connectivity index (χ3v) is 4.76. The monoisotopic (exact) mass is 277 g/mol. The second-order valence-corrected chi connectivity index (χ2v) is 5.73. The fraction of sp³-hybridized carbons (Fsp3) is 0.462. The van der Waals surface area contributed by atoms with Crippen molar-refractivity contribution in [2.75, 3.05) is 19.3 Å². The zero-order valence-electron chi connectivity index (χ0n) is 10.7. The number of rotatable bonds is 2. The number of thioether (sulfide) groups is 1. The maximum Gasteiger partial charge on any atom is 0.255 e. The molecule has 2 heterocycles. The Bertz CT molecular complexity index is 547. The summed E-state index contributed by atoms with van der Waals surface area (Å²) < 4.78 is -0.359. The van der Waals surface area contributed by atoms with E-state index in [0.29, 0.717) is 31.5 Å². The minimum absolute atomic E-state index is 0.0936. The molecule has 0 atom stereocenters. The molecule has 1 aliphatic heterocycles. The fourth-order valence-corrected chi connectivity index (χ4v) is 2.84. The van der Waals surface area contributed by atoms with E-state index in [4.69, 9.17) is 0 Å². The van der Waals surface area contributed by atoms with Gasteiger partial charge in [-0.1, -0.05) is 0 Å². The lowest BCUT2D eigenvalue weighted by Gasteiger charge is -2.36. The maximum absolute atomic E-state index is 12.2. The van der Waals surface area contributed by atoms with Crippen LogP contribution in [0.3, 0.4) is 0 Å². The van der Waals surface area contributed by atoms with E-state index in [-0.39, 0.29) is 16.2 Å². The molecule has 1 saturated heterocycles. The van der Waals surface area contributed by atoms with E-state index >= 15 is 0 Å². The number of likely N-dealkylation sites (tertiary alicyclic amines) is 1. The van der Waals surface area contributed by atoms with Gasteiger partial charge in [0.1, 0.15) is 4.75 Å². The van der Waals surface area contributed by atoms with E-state index in [2.05, 4.69) is 11.1 Å². The van der Waals surface area contributed by atoms with Gasteiger partial charge in [-0.25, -0.2) is 0 Å². The summed E-state index contributed by atoms with van der Waals surface area (Å²) in [5.74, 6) is -0.0936. The number of nitriles is 1. The molecule has 19 heavy (non-hydrogen) atoms. The number of aromatic amines is 1. The minimum Gasteiger partial charge on any atom is -0.338 e. The smallest absolute Gasteiger partial charge is 0.255 e. The normalized spacial score (nSPS) is 17.8. The molecule has 1 aromatic rings. The van der Waals surface area contributed by atoms with E-state index in [1.807, 2.05) is 6.26 Å². The Kier molecular flexibility index (Phi) is 3.96. The molecule has 1 aromatic heterocycles. The number of piperidine rings is 1. The van der Waals surface area contributed by atoms with E-state index in [1.165, 1.54) is 18.3 Å². The molecule has 0 aliphatic carbocycles. The SMILES string of the molecule is CSC1(C#N)CCN(C(=O)c2ccc(=O)[nH]c2)CC1. The first kappa shape index (κ1) is 13.7. The van der Waals surface area contributed by atoms with Crippen LogP contribution in [0.2, 0.25) is 0 Å². The molecule has 1 fully saturated rings. The molecular weight excluding hydrogens is 262 g/mol. The quantitative estimate of drug-likeness (QED) is 0.882. The van der Waals surface area contributed by atoms with Crippen molar-refractivity contribution < 1.29 is 4.79 Å². The predicted molar refractivity (Wildman–Crippen MR) is 74.1 cm³/mol. The molecule has 100 valence electrons. The summed E-state index contributed by atoms with van der Waals surface area (Å²) in [6.45, 7) is 1.15. The summed E-state index contributed by atoms with van der Waals surface area (Å²) in [6, 6.07) is 5.23. The predicted octanol–water partition coefficient (Wildman–Crippen LogP) is 1.24. The van der Waals surface area contributed by atoms with Crippen LogP contribution < -0.4 is 5.56 Å². The molecule has 0 bridgehead atoms. The molecule has 0 unspecified atom stereocenters. The Morgan fingerprint density at radius 3 is 2.63 bits per heavy atom. The van der Waals surface area contributed by atoms with Crippen molar-refractivity contribution in [2.45, 2.75) is 17.6 Å². The van der Waals surface area contributed by atoms with Gasteiger partial charge in [0, 0.05) is 25.4 Å². The van der Waals surface area contributed by atoms with E-state index in [1.54, 1.807) is 16.7 Å². The van der Waals surface area contributed by atoms with Crippen molar-refractivity contribution in [3.05, 3.63) is 34.2 Å². The molecule has 6 heteroatoms. The maximum atomic E-state index is 12.2. The zero-order valence-corrected chi connectivity index (χ0v) is 11.5. The molecule has 0 aromatic carbocycles. The first-order valence-corrected chi connectivity index (χ1v) is 7.27. The summed E-state index contributed by atoms with van der Waals surface area (Å²) in [6.07, 6.45) is 4.73. The van der Waals surface area contributed by atoms with Gasteiger partial charge in [0.2, 0.25) is 5.56 Å². The van der Waals surface area contributed by atoms with Gasteiger partial charge in [-0.05, 0) is 25.2 Å². The number of amides is 1. The average molecular weight is 277 g/mol. The standard InChI is InChI=1S/C13H15N3O2S/c1-19-13(9-14)4-6-16(7-5-13)12(18)10-2-3-11(17)15-8-10/h2-3,8H,4-7H2,1H3,(H,15,17). The summed E-state index contributed by atoms with van der Waals surface area (Å²) in [5, 5.41) is 9.20. The van der Waals surface area contributed by atoms with Crippen molar-refractivity contribution in [1.29, 1.82) is 5.26 Å². The molecule has 1 N–H and O–H groups in total. The van der Waals surface area contributed by atoms with Crippen molar-refractivity contribution in [3.8, 4) is 6.07 Å². The van der Waals surface area contributed by atoms with Gasteiger partial charge in [-0.2, -0.15) is 5.26 Å². The number of carbonyl (C=O) groups excluding carboxylic acids is 1. The van der Waals surface area contributed by atoms with E-state index in [9.17, 15) is 14.9 Å². The molecule has 5 nitrogen and oxygen atoms in total. The zero-order chi connectivity index (χ0) is 13.9. The Hall–Kier alpha value is -1.74. The van der Waals surface area contributed by atoms with Crippen molar-refractivity contribution in [2.24, 2.45) is 0 Å². The molecular formula is C13H15N3O2S. The number of nitrogens with zero attached hydrogens (tertiary/aromatic N) is 2. The lowest BCUT2D eigenvalue weighted by Crippen LogP contribution is -2.44. The Labute approximate surface area is 115 Å². The van der Waals surface area contributed by atoms with Crippen LogP contribution in [0.5, 0.6) is 0 Å². The largest absolute Gasteiger partial charge is 0.338 e. The number of hydrogen-bond acceptors (Lipinski definition) is 4. The van der Waals surface area contributed by atoms with Crippen LogP contribution in [0.4, 0.5) is 0 Å². The second kappa shape index (κ2) is 5.49. The Morgan fingerprint density at radius 2 is 2.16 bits per heavy atom. The van der Waals surface area contributed by atoms with Gasteiger partial charge in [0.15, 0.2) is 0 Å².